The Kier molecular flexibility index (Phi) is 44.2. The molecule has 37 heteroatoms. The van der Waals surface area contributed by atoms with Gasteiger partial charge in [-0.15, -0.1) is 0 Å². The molecule has 2 aliphatic rings. The smallest absolute Gasteiger partial charge is 0.303 e. The number of hydrogen-bond acceptors (Lipinski definition) is 22. The predicted octanol–water partition coefficient (Wildman–Crippen LogP) is 6.77. The Bertz CT molecular complexity index is 4490. The maximum atomic E-state index is 14.3. The molecule has 0 spiro atoms. The first-order valence-corrected chi connectivity index (χ1v) is 44.3. The molecule has 0 fully saturated rings. The zero-order valence-corrected chi connectivity index (χ0v) is 73.6. The van der Waals surface area contributed by atoms with Gasteiger partial charge in [0.25, 0.3) is 10.1 Å². The van der Waals surface area contributed by atoms with E-state index in [9.17, 15) is 120 Å². The van der Waals surface area contributed by atoms with Gasteiger partial charge in [-0.05, 0) is 134 Å². The van der Waals surface area contributed by atoms with Gasteiger partial charge in [0.1, 0.15) is 19.2 Å². The topological polar surface area (TPSA) is 559 Å². The van der Waals surface area contributed by atoms with Gasteiger partial charge in [0.2, 0.25) is 47.0 Å². The third-order valence-corrected chi connectivity index (χ3v) is 23.0. The lowest BCUT2D eigenvalue weighted by molar-refractivity contribution is -0.438. The number of ether oxygens (including phenoxy) is 1. The van der Waals surface area contributed by atoms with Crippen molar-refractivity contribution in [1.29, 1.82) is 0 Å². The first kappa shape index (κ1) is 105. The number of hydrogen-bond donors (Lipinski definition) is 13. The van der Waals surface area contributed by atoms with Crippen LogP contribution >= 0.6 is 11.8 Å². The predicted molar refractivity (Wildman–Crippen MR) is 459 cm³/mol. The van der Waals surface area contributed by atoms with Gasteiger partial charge in [0, 0.05) is 168 Å². The number of rotatable bonds is 62. The fourth-order valence-corrected chi connectivity index (χ4v) is 15.8. The van der Waals surface area contributed by atoms with Gasteiger partial charge < -0.3 is 72.8 Å². The van der Waals surface area contributed by atoms with Crippen molar-refractivity contribution in [2.75, 3.05) is 56.3 Å². The second-order valence-corrected chi connectivity index (χ2v) is 34.5. The molecule has 0 unspecified atom stereocenters. The van der Waals surface area contributed by atoms with Crippen LogP contribution in [0.25, 0.3) is 0 Å². The van der Waals surface area contributed by atoms with Crippen LogP contribution in [0, 0.1) is 30.6 Å². The van der Waals surface area contributed by atoms with E-state index in [1.54, 1.807) is 12.3 Å². The van der Waals surface area contributed by atoms with Crippen LogP contribution in [-0.2, 0) is 107 Å². The molecular formula is C87H122N9O26S2+. The third kappa shape index (κ3) is 35.7. The van der Waals surface area contributed by atoms with Crippen molar-refractivity contribution in [2.24, 2.45) is 29.4 Å². The van der Waals surface area contributed by atoms with Gasteiger partial charge >= 0.3 is 29.8 Å². The molecule has 2 aromatic rings. The van der Waals surface area contributed by atoms with E-state index in [1.165, 1.54) is 60.3 Å². The van der Waals surface area contributed by atoms with Crippen molar-refractivity contribution >= 4 is 139 Å². The number of allylic oxidation sites excluding steroid dienone is 8. The zero-order valence-electron chi connectivity index (χ0n) is 72.0. The van der Waals surface area contributed by atoms with E-state index in [1.807, 2.05) is 50.3 Å². The highest BCUT2D eigenvalue weighted by atomic mass is 32.2. The molecule has 4 rings (SSSR count). The lowest BCUT2D eigenvalue weighted by Crippen LogP contribution is -2.49. The number of primary amides is 1. The van der Waals surface area contributed by atoms with E-state index in [4.69, 9.17) is 10.5 Å². The summed E-state index contributed by atoms with van der Waals surface area (Å²) in [5.41, 5.74) is 12.0. The Labute approximate surface area is 726 Å². The van der Waals surface area contributed by atoms with Crippen molar-refractivity contribution in [3.8, 4) is 0 Å². The molecule has 124 heavy (non-hydrogen) atoms. The molecule has 0 aliphatic carbocycles. The highest BCUT2D eigenvalue weighted by molar-refractivity contribution is 7.98. The summed E-state index contributed by atoms with van der Waals surface area (Å²) in [6, 6.07) is 5.23. The first-order chi connectivity index (χ1) is 58.3. The van der Waals surface area contributed by atoms with E-state index in [0.717, 1.165) is 17.9 Å². The second-order valence-electron chi connectivity index (χ2n) is 32.2. The SMILES string of the molecule is CCN1C(=CC=CC=CC=CC2=[N+](CCCCCC(=O)NCCCC[C@@H](NC(=O)[C@@H](CCC(=O)O)CC(=O)[C@@H](CCC(=O)O)NC(=O)[C@@H](CCC(=O)O)CC(=O)[C@@H](CCC(=O)O)NC(=O)[C@@H](CCC(=O)O)CC(=O)COCCCC(=O)CNC(=O)[C@H](C)CC(=O)[C@H](CSC)NC(C)=O)C(N)=O)c3ccc(S(=O)(=O)O)cc3C2(C)C)C(C)(C)c2cc(C)ccc21. The highest BCUT2D eigenvalue weighted by Gasteiger charge is 2.46. The number of fused-ring (bicyclic) bond motifs is 2. The minimum absolute atomic E-state index is 0.0569. The average Bonchev–Trinajstić information content (AvgIpc) is 1.59. The van der Waals surface area contributed by atoms with Gasteiger partial charge in [-0.1, -0.05) is 68.8 Å². The molecule has 0 saturated heterocycles. The molecule has 682 valence electrons. The molecular weight excluding hydrogens is 1650 g/mol. The fraction of sp³-hybridized carbons (Fsp3) is 0.563. The van der Waals surface area contributed by atoms with E-state index < -0.39 is 248 Å². The number of ketones is 5. The van der Waals surface area contributed by atoms with Crippen LogP contribution in [0.4, 0.5) is 11.4 Å². The van der Waals surface area contributed by atoms with Crippen LogP contribution in [0.3, 0.4) is 0 Å². The number of unbranched alkanes of at least 4 members (excludes halogenated alkanes) is 3. The number of aliphatic carboxylic acids is 5. The van der Waals surface area contributed by atoms with Gasteiger partial charge in [-0.25, -0.2) is 0 Å². The number of Topliss-reactive ketones (excluding diaryl/α,β-unsaturated/α-hetero) is 5. The summed E-state index contributed by atoms with van der Waals surface area (Å²) in [4.78, 5) is 221. The van der Waals surface area contributed by atoms with Crippen molar-refractivity contribution in [1.82, 2.24) is 31.9 Å². The largest absolute Gasteiger partial charge is 0.481 e. The molecule has 35 nitrogen and oxygen atoms in total. The van der Waals surface area contributed by atoms with Gasteiger partial charge in [-0.2, -0.15) is 24.8 Å². The number of likely N-dealkylation sites (N-methyl/N-ethyl adjacent to an activating group) is 1. The van der Waals surface area contributed by atoms with Gasteiger partial charge in [-0.3, -0.25) is 86.1 Å². The number of anilines is 1. The molecule has 2 aliphatic heterocycles. The number of nitrogens with one attached hydrogen (secondary N) is 6. The molecule has 7 amide bonds. The number of carbonyl (C=O) groups is 17. The molecule has 2 heterocycles. The Balaban J connectivity index is 1.36. The fourth-order valence-electron chi connectivity index (χ4n) is 14.7. The minimum atomic E-state index is -4.52. The Morgan fingerprint density at radius 3 is 1.62 bits per heavy atom. The van der Waals surface area contributed by atoms with Gasteiger partial charge in [0.15, 0.2) is 34.6 Å². The van der Waals surface area contributed by atoms with Crippen LogP contribution < -0.4 is 42.5 Å². The molecule has 0 saturated carbocycles. The van der Waals surface area contributed by atoms with E-state index in [0.29, 0.717) is 37.1 Å². The minimum Gasteiger partial charge on any atom is -0.481 e. The number of nitrogens with zero attached hydrogens (tertiary/aromatic N) is 2. The lowest BCUT2D eigenvalue weighted by Gasteiger charge is -2.25. The average molecular weight is 1770 g/mol. The summed E-state index contributed by atoms with van der Waals surface area (Å²) in [5, 5.41) is 63.2. The zero-order chi connectivity index (χ0) is 92.8. The number of carbonyl (C=O) groups excluding carboxylic acids is 12. The van der Waals surface area contributed by atoms with Crippen LogP contribution in [0.2, 0.25) is 0 Å². The number of carboxylic acid groups (broad SMARTS) is 5. The van der Waals surface area contributed by atoms with Crippen molar-refractivity contribution in [3.05, 3.63) is 101 Å². The number of aryl methyl sites for hydroxylation is 1. The number of amides is 7. The summed E-state index contributed by atoms with van der Waals surface area (Å²) in [6.45, 7) is 15.6. The number of thioether (sulfide) groups is 1. The van der Waals surface area contributed by atoms with Crippen molar-refractivity contribution in [2.45, 2.75) is 243 Å². The number of benzene rings is 2. The summed E-state index contributed by atoms with van der Waals surface area (Å²) >= 11 is 1.33. The molecule has 0 radical (unpaired) electrons. The van der Waals surface area contributed by atoms with Crippen LogP contribution in [0.15, 0.2) is 89.5 Å². The van der Waals surface area contributed by atoms with Crippen LogP contribution in [0.5, 0.6) is 0 Å². The standard InChI is InChI=1S/C87H121N9O26S2/c1-10-95-68-34-27-53(2)44-62(68)86(5,6)73(95)24-15-12-11-13-16-25-74-87(7,8)63-49-61(124(119,120)121)31-35-69(63)96(74)42-20-14-17-26-75(103)89-41-19-18-23-66(81(88)114)94-85(118)58(30-38-78(108)109)48-72(102)65(33-40-80(112)113)93-84(117)57(29-37-77(106)107)47-71(101)64(32-39-79(110)111)92-83(116)56(28-36-76(104)105)46-60(99)51-122-43-21-22-59(98)50-90-82(115)54(3)45-70(100)67(52-123-9)91-55(4)97/h11-13,15-16,24-25,27,31,34-35,44,49,54,56-58,64-67H,10,14,17-23,26,28-30,32-33,36-43,45-48,50-52H2,1-9H3,(H13-,88,89,90,91,92,93,94,97,103,104,105,106,107,108,109,110,111,112,113,114,115,116,117,118,119,120,121)/p+1/t54-,56+,57+,58+,64-,65-,66-,67+/m1/s1. The summed E-state index contributed by atoms with van der Waals surface area (Å²) < 4.78 is 42.1. The quantitative estimate of drug-likeness (QED) is 0.0141. The highest BCUT2D eigenvalue weighted by Crippen LogP contribution is 2.48. The lowest BCUT2D eigenvalue weighted by atomic mass is 9.81. The van der Waals surface area contributed by atoms with Crippen molar-refractivity contribution < 1.29 is 129 Å². The third-order valence-electron chi connectivity index (χ3n) is 21.5. The van der Waals surface area contributed by atoms with Gasteiger partial charge in [0.05, 0.1) is 35.0 Å². The normalized spacial score (nSPS) is 15.6. The molecule has 0 bridgehead atoms. The molecule has 8 atom stereocenters. The first-order valence-electron chi connectivity index (χ1n) is 41.5. The maximum absolute atomic E-state index is 14.3. The molecule has 0 aromatic heterocycles. The molecule has 14 N–H and O–H groups in total. The Morgan fingerprint density at radius 1 is 0.556 bits per heavy atom. The Morgan fingerprint density at radius 2 is 1.09 bits per heavy atom. The van der Waals surface area contributed by atoms with Crippen molar-refractivity contribution in [3.63, 3.8) is 0 Å². The maximum Gasteiger partial charge on any atom is 0.303 e. The summed E-state index contributed by atoms with van der Waals surface area (Å²) in [5.74, 6) is -21.9. The number of carboxylic acids is 5. The molecule has 2 aromatic carbocycles. The van der Waals surface area contributed by atoms with E-state index in [2.05, 4.69) is 93.3 Å². The summed E-state index contributed by atoms with van der Waals surface area (Å²) in [7, 11) is -4.52. The van der Waals surface area contributed by atoms with E-state index in [-0.39, 0.29) is 80.1 Å². The monoisotopic (exact) mass is 1770 g/mol. The number of nitrogens with two attached hydrogens (primary N) is 1. The van der Waals surface area contributed by atoms with Crippen LogP contribution in [-0.4, -0.2) is 224 Å². The van der Waals surface area contributed by atoms with E-state index >= 15 is 0 Å². The Hall–Kier alpha value is -10.9. The van der Waals surface area contributed by atoms with Crippen LogP contribution in [0.1, 0.15) is 213 Å². The second kappa shape index (κ2) is 52.0. The summed E-state index contributed by atoms with van der Waals surface area (Å²) in [6.07, 6.45) is 8.22.